The minimum Gasteiger partial charge on any atom is -0.493 e. The fraction of sp³-hybridized carbons (Fsp3) is 0.500. The lowest BCUT2D eigenvalue weighted by Gasteiger charge is -2.42. The number of benzene rings is 2. The van der Waals surface area contributed by atoms with Crippen molar-refractivity contribution in [3.05, 3.63) is 65.5 Å². The quantitative estimate of drug-likeness (QED) is 0.706. The molecule has 3 fully saturated rings. The molecule has 2 aromatic rings. The molecule has 1 N–H and O–H groups in total. The van der Waals surface area contributed by atoms with Crippen molar-refractivity contribution in [3.8, 4) is 5.75 Å². The predicted octanol–water partition coefficient (Wildman–Crippen LogP) is 4.22. The Balaban J connectivity index is 1.34. The standard InChI is InChI=1S/C26H32FN3O2/c1-29-14-12-26(13-15-29)24(16-19-4-8-22(27)9-5-19)30(25(31)28-26)17-20-6-10-23(11-7-20)32-18-21-2-3-21/h4-11,21,24H,2-3,12-18H2,1H3,(H,28,31)/t24-/m1/s1. The number of amides is 2. The van der Waals surface area contributed by atoms with Crippen LogP contribution in [-0.4, -0.2) is 54.2 Å². The van der Waals surface area contributed by atoms with E-state index in [-0.39, 0.29) is 23.4 Å². The van der Waals surface area contributed by atoms with Crippen LogP contribution in [0.4, 0.5) is 9.18 Å². The van der Waals surface area contributed by atoms with Crippen LogP contribution in [0.3, 0.4) is 0 Å². The van der Waals surface area contributed by atoms with Gasteiger partial charge in [-0.1, -0.05) is 24.3 Å². The molecule has 1 atom stereocenters. The van der Waals surface area contributed by atoms with E-state index in [0.717, 1.165) is 55.3 Å². The van der Waals surface area contributed by atoms with Gasteiger partial charge in [-0.25, -0.2) is 9.18 Å². The van der Waals surface area contributed by atoms with Gasteiger partial charge in [0.15, 0.2) is 0 Å². The van der Waals surface area contributed by atoms with E-state index in [1.807, 2.05) is 29.2 Å². The van der Waals surface area contributed by atoms with E-state index in [0.29, 0.717) is 13.0 Å². The predicted molar refractivity (Wildman–Crippen MR) is 122 cm³/mol. The van der Waals surface area contributed by atoms with Crippen LogP contribution in [0.1, 0.15) is 36.8 Å². The lowest BCUT2D eigenvalue weighted by Crippen LogP contribution is -2.56. The van der Waals surface area contributed by atoms with Gasteiger partial charge < -0.3 is 19.9 Å². The van der Waals surface area contributed by atoms with Gasteiger partial charge in [0.1, 0.15) is 11.6 Å². The maximum absolute atomic E-state index is 13.5. The summed E-state index contributed by atoms with van der Waals surface area (Å²) in [5.74, 6) is 1.38. The van der Waals surface area contributed by atoms with Gasteiger partial charge in [0.25, 0.3) is 0 Å². The van der Waals surface area contributed by atoms with Crippen LogP contribution in [0, 0.1) is 11.7 Å². The Morgan fingerprint density at radius 1 is 1.03 bits per heavy atom. The van der Waals surface area contributed by atoms with Crippen LogP contribution in [-0.2, 0) is 13.0 Å². The summed E-state index contributed by atoms with van der Waals surface area (Å²) < 4.78 is 19.3. The van der Waals surface area contributed by atoms with Crippen molar-refractivity contribution in [3.63, 3.8) is 0 Å². The highest BCUT2D eigenvalue weighted by atomic mass is 19.1. The first kappa shape index (κ1) is 21.3. The van der Waals surface area contributed by atoms with Crippen LogP contribution in [0.5, 0.6) is 5.75 Å². The molecule has 3 aliphatic rings. The van der Waals surface area contributed by atoms with E-state index in [4.69, 9.17) is 4.74 Å². The SMILES string of the molecule is CN1CCC2(CC1)NC(=O)N(Cc1ccc(OCC3CC3)cc1)[C@@H]2Cc1ccc(F)cc1. The zero-order chi connectivity index (χ0) is 22.1. The minimum absolute atomic E-state index is 0.00396. The highest BCUT2D eigenvalue weighted by molar-refractivity contribution is 5.79. The molecule has 2 aliphatic heterocycles. The summed E-state index contributed by atoms with van der Waals surface area (Å²) in [6, 6.07) is 14.8. The molecule has 5 rings (SSSR count). The molecular formula is C26H32FN3O2. The van der Waals surface area contributed by atoms with Crippen molar-refractivity contribution in [2.75, 3.05) is 26.7 Å². The molecule has 2 saturated heterocycles. The Labute approximate surface area is 189 Å². The number of nitrogens with zero attached hydrogens (tertiary/aromatic N) is 2. The highest BCUT2D eigenvalue weighted by Gasteiger charge is 2.51. The number of halogens is 1. The number of rotatable bonds is 7. The van der Waals surface area contributed by atoms with Gasteiger partial charge in [-0.15, -0.1) is 0 Å². The molecule has 2 heterocycles. The Morgan fingerprint density at radius 3 is 2.34 bits per heavy atom. The van der Waals surface area contributed by atoms with E-state index in [1.54, 1.807) is 0 Å². The van der Waals surface area contributed by atoms with Crippen molar-refractivity contribution in [1.29, 1.82) is 0 Å². The molecule has 6 heteroatoms. The number of piperidine rings is 1. The molecule has 0 aromatic heterocycles. The number of carbonyl (C=O) groups excluding carboxylic acids is 1. The van der Waals surface area contributed by atoms with E-state index in [1.165, 1.54) is 25.0 Å². The number of hydrogen-bond acceptors (Lipinski definition) is 3. The molecule has 5 nitrogen and oxygen atoms in total. The Bertz CT molecular complexity index is 935. The molecule has 1 aliphatic carbocycles. The molecule has 2 aromatic carbocycles. The number of urea groups is 1. The fourth-order valence-electron chi connectivity index (χ4n) is 5.00. The molecule has 32 heavy (non-hydrogen) atoms. The van der Waals surface area contributed by atoms with Gasteiger partial charge >= 0.3 is 6.03 Å². The van der Waals surface area contributed by atoms with Crippen LogP contribution < -0.4 is 10.1 Å². The van der Waals surface area contributed by atoms with Crippen molar-refractivity contribution < 1.29 is 13.9 Å². The summed E-state index contributed by atoms with van der Waals surface area (Å²) in [6.45, 7) is 3.27. The maximum atomic E-state index is 13.5. The third kappa shape index (κ3) is 4.60. The first-order valence-electron chi connectivity index (χ1n) is 11.7. The average Bonchev–Trinajstić information content (AvgIpc) is 3.59. The summed E-state index contributed by atoms with van der Waals surface area (Å²) in [4.78, 5) is 17.5. The second kappa shape index (κ2) is 8.74. The third-order valence-electron chi connectivity index (χ3n) is 7.31. The van der Waals surface area contributed by atoms with E-state index >= 15 is 0 Å². The summed E-state index contributed by atoms with van der Waals surface area (Å²) in [5.41, 5.74) is 1.90. The van der Waals surface area contributed by atoms with Crippen LogP contribution >= 0.6 is 0 Å². The second-order valence-corrected chi connectivity index (χ2v) is 9.76. The van der Waals surface area contributed by atoms with Gasteiger partial charge in [0.05, 0.1) is 18.2 Å². The molecule has 2 amide bonds. The van der Waals surface area contributed by atoms with Gasteiger partial charge in [0.2, 0.25) is 0 Å². The van der Waals surface area contributed by atoms with Crippen molar-refractivity contribution in [2.24, 2.45) is 5.92 Å². The Hall–Kier alpha value is -2.60. The number of nitrogens with one attached hydrogen (secondary N) is 1. The zero-order valence-electron chi connectivity index (χ0n) is 18.7. The van der Waals surface area contributed by atoms with Crippen molar-refractivity contribution >= 4 is 6.03 Å². The van der Waals surface area contributed by atoms with E-state index < -0.39 is 0 Å². The third-order valence-corrected chi connectivity index (χ3v) is 7.31. The monoisotopic (exact) mass is 437 g/mol. The molecule has 1 saturated carbocycles. The number of hydrogen-bond donors (Lipinski definition) is 1. The lowest BCUT2D eigenvalue weighted by molar-refractivity contribution is 0.123. The fourth-order valence-corrected chi connectivity index (χ4v) is 5.00. The second-order valence-electron chi connectivity index (χ2n) is 9.76. The van der Waals surface area contributed by atoms with Crippen molar-refractivity contribution in [1.82, 2.24) is 15.1 Å². The van der Waals surface area contributed by atoms with Crippen molar-refractivity contribution in [2.45, 2.75) is 50.2 Å². The molecule has 0 radical (unpaired) electrons. The molecular weight excluding hydrogens is 405 g/mol. The summed E-state index contributed by atoms with van der Waals surface area (Å²) in [5, 5.41) is 3.35. The van der Waals surface area contributed by atoms with E-state index in [2.05, 4.69) is 29.4 Å². The van der Waals surface area contributed by atoms with Crippen LogP contribution in [0.25, 0.3) is 0 Å². The van der Waals surface area contributed by atoms with Crippen LogP contribution in [0.15, 0.2) is 48.5 Å². The zero-order valence-corrected chi connectivity index (χ0v) is 18.7. The molecule has 0 bridgehead atoms. The van der Waals surface area contributed by atoms with Gasteiger partial charge in [-0.2, -0.15) is 0 Å². The molecule has 1 spiro atoms. The highest BCUT2D eigenvalue weighted by Crippen LogP contribution is 2.36. The molecule has 170 valence electrons. The normalized spacial score (nSPS) is 22.9. The van der Waals surface area contributed by atoms with Gasteiger partial charge in [-0.05, 0) is 80.5 Å². The Morgan fingerprint density at radius 2 is 1.69 bits per heavy atom. The van der Waals surface area contributed by atoms with E-state index in [9.17, 15) is 9.18 Å². The first-order valence-corrected chi connectivity index (χ1v) is 11.7. The molecule has 0 unspecified atom stereocenters. The largest absolute Gasteiger partial charge is 0.493 e. The lowest BCUT2D eigenvalue weighted by atomic mass is 9.79. The first-order chi connectivity index (χ1) is 15.5. The summed E-state index contributed by atoms with van der Waals surface area (Å²) in [7, 11) is 2.13. The Kier molecular flexibility index (Phi) is 5.80. The van der Waals surface area contributed by atoms with Gasteiger partial charge in [0, 0.05) is 19.6 Å². The number of ether oxygens (including phenoxy) is 1. The topological polar surface area (TPSA) is 44.8 Å². The average molecular weight is 438 g/mol. The summed E-state index contributed by atoms with van der Waals surface area (Å²) >= 11 is 0. The minimum atomic E-state index is -0.245. The van der Waals surface area contributed by atoms with Gasteiger partial charge in [-0.3, -0.25) is 0 Å². The van der Waals surface area contributed by atoms with Crippen LogP contribution in [0.2, 0.25) is 0 Å². The summed E-state index contributed by atoms with van der Waals surface area (Å²) in [6.07, 6.45) is 5.10. The smallest absolute Gasteiger partial charge is 0.318 e. The number of likely N-dealkylation sites (tertiary alicyclic amines) is 1. The number of carbonyl (C=O) groups is 1. The maximum Gasteiger partial charge on any atom is 0.318 e.